The van der Waals surface area contributed by atoms with Gasteiger partial charge in [-0.15, -0.1) is 22.7 Å². The summed E-state index contributed by atoms with van der Waals surface area (Å²) in [6, 6.07) is 3.45. The molecule has 19 heavy (non-hydrogen) atoms. The second-order valence-corrected chi connectivity index (χ2v) is 8.52. The van der Waals surface area contributed by atoms with Crippen molar-refractivity contribution in [2.75, 3.05) is 13.1 Å². The number of nitrogens with zero attached hydrogens (tertiary/aromatic N) is 2. The number of sulfonamides is 1. The highest BCUT2D eigenvalue weighted by Gasteiger charge is 2.31. The van der Waals surface area contributed by atoms with Gasteiger partial charge in [-0.25, -0.2) is 13.4 Å². The molecule has 1 saturated heterocycles. The first-order chi connectivity index (χ1) is 9.18. The van der Waals surface area contributed by atoms with Crippen molar-refractivity contribution < 1.29 is 8.42 Å². The van der Waals surface area contributed by atoms with Crippen LogP contribution in [0.1, 0.15) is 23.8 Å². The van der Waals surface area contributed by atoms with Gasteiger partial charge >= 0.3 is 0 Å². The molecule has 0 radical (unpaired) electrons. The third-order valence-electron chi connectivity index (χ3n) is 3.34. The zero-order valence-electron chi connectivity index (χ0n) is 10.2. The molecule has 4 nitrogen and oxygen atoms in total. The summed E-state index contributed by atoms with van der Waals surface area (Å²) < 4.78 is 26.8. The van der Waals surface area contributed by atoms with Crippen molar-refractivity contribution in [3.63, 3.8) is 0 Å². The molecule has 102 valence electrons. The molecule has 2 aromatic heterocycles. The van der Waals surface area contributed by atoms with Crippen molar-refractivity contribution in [3.05, 3.63) is 34.1 Å². The molecular weight excluding hydrogens is 300 g/mol. The summed E-state index contributed by atoms with van der Waals surface area (Å²) in [6.45, 7) is 1.18. The molecule has 1 aliphatic heterocycles. The van der Waals surface area contributed by atoms with Crippen LogP contribution in [0.4, 0.5) is 0 Å². The fourth-order valence-electron chi connectivity index (χ4n) is 2.32. The molecular formula is C12H14N2O2S3. The summed E-state index contributed by atoms with van der Waals surface area (Å²) in [4.78, 5) is 4.33. The molecule has 0 saturated carbocycles. The molecule has 0 aliphatic carbocycles. The van der Waals surface area contributed by atoms with Gasteiger partial charge in [0.25, 0.3) is 10.0 Å². The normalized spacial score (nSPS) is 18.7. The molecule has 0 atom stereocenters. The number of thiazole rings is 1. The Kier molecular flexibility index (Phi) is 3.70. The van der Waals surface area contributed by atoms with Crippen molar-refractivity contribution >= 4 is 32.7 Å². The summed E-state index contributed by atoms with van der Waals surface area (Å²) in [5.41, 5.74) is 0. The predicted octanol–water partition coefficient (Wildman–Crippen LogP) is 2.77. The molecule has 0 N–H and O–H groups in total. The molecule has 1 aliphatic rings. The highest BCUT2D eigenvalue weighted by atomic mass is 32.2. The van der Waals surface area contributed by atoms with Gasteiger partial charge in [-0.05, 0) is 24.3 Å². The van der Waals surface area contributed by atoms with E-state index in [9.17, 15) is 8.42 Å². The van der Waals surface area contributed by atoms with Gasteiger partial charge in [-0.3, -0.25) is 0 Å². The zero-order chi connectivity index (χ0) is 13.3. The topological polar surface area (TPSA) is 50.3 Å². The SMILES string of the molecule is O=S(=O)(c1cccs1)N1CCC(c2nccs2)CC1. The van der Waals surface area contributed by atoms with E-state index in [2.05, 4.69) is 4.98 Å². The molecule has 3 rings (SSSR count). The monoisotopic (exact) mass is 314 g/mol. The maximum atomic E-state index is 12.4. The standard InChI is InChI=1S/C12H14N2O2S3/c15-19(16,11-2-1-8-17-11)14-6-3-10(4-7-14)12-13-5-9-18-12/h1-2,5,8-10H,3-4,6-7H2. The van der Waals surface area contributed by atoms with Crippen LogP contribution < -0.4 is 0 Å². The molecule has 0 bridgehead atoms. The third-order valence-corrected chi connectivity index (χ3v) is 7.55. The van der Waals surface area contributed by atoms with Gasteiger partial charge < -0.3 is 0 Å². The molecule has 0 unspecified atom stereocenters. The van der Waals surface area contributed by atoms with Gasteiger partial charge in [0.05, 0.1) is 5.01 Å². The molecule has 0 aromatic carbocycles. The van der Waals surface area contributed by atoms with E-state index in [4.69, 9.17) is 0 Å². The van der Waals surface area contributed by atoms with Crippen LogP contribution in [-0.4, -0.2) is 30.8 Å². The minimum absolute atomic E-state index is 0.412. The molecule has 0 amide bonds. The first-order valence-electron chi connectivity index (χ1n) is 6.11. The lowest BCUT2D eigenvalue weighted by molar-refractivity contribution is 0.319. The number of hydrogen-bond acceptors (Lipinski definition) is 5. The summed E-state index contributed by atoms with van der Waals surface area (Å²) in [6.07, 6.45) is 3.53. The smallest absolute Gasteiger partial charge is 0.249 e. The van der Waals surface area contributed by atoms with E-state index in [0.29, 0.717) is 23.2 Å². The van der Waals surface area contributed by atoms with Crippen LogP contribution >= 0.6 is 22.7 Å². The Hall–Kier alpha value is -0.760. The minimum Gasteiger partial charge on any atom is -0.249 e. The average molecular weight is 314 g/mol. The Morgan fingerprint density at radius 2 is 2.00 bits per heavy atom. The maximum absolute atomic E-state index is 12.4. The van der Waals surface area contributed by atoms with Gasteiger partial charge in [0, 0.05) is 30.6 Å². The predicted molar refractivity (Wildman–Crippen MR) is 77.2 cm³/mol. The lowest BCUT2D eigenvalue weighted by Gasteiger charge is -2.29. The van der Waals surface area contributed by atoms with Crippen LogP contribution in [0, 0.1) is 0 Å². The Labute approximate surface area is 120 Å². The Morgan fingerprint density at radius 3 is 2.58 bits per heavy atom. The van der Waals surface area contributed by atoms with Crippen LogP contribution in [0.25, 0.3) is 0 Å². The first kappa shape index (κ1) is 13.2. The van der Waals surface area contributed by atoms with Crippen molar-refractivity contribution in [2.45, 2.75) is 23.0 Å². The molecule has 0 spiro atoms. The zero-order valence-corrected chi connectivity index (χ0v) is 12.7. The molecule has 3 heterocycles. The summed E-state index contributed by atoms with van der Waals surface area (Å²) in [7, 11) is -3.28. The van der Waals surface area contributed by atoms with Crippen LogP contribution in [0.2, 0.25) is 0 Å². The number of rotatable bonds is 3. The van der Waals surface area contributed by atoms with Gasteiger partial charge in [-0.2, -0.15) is 4.31 Å². The minimum atomic E-state index is -3.28. The van der Waals surface area contributed by atoms with Crippen molar-refractivity contribution in [2.24, 2.45) is 0 Å². The highest BCUT2D eigenvalue weighted by molar-refractivity contribution is 7.91. The Morgan fingerprint density at radius 1 is 1.21 bits per heavy atom. The van der Waals surface area contributed by atoms with E-state index in [1.165, 1.54) is 11.3 Å². The van der Waals surface area contributed by atoms with Crippen LogP contribution in [0.5, 0.6) is 0 Å². The first-order valence-corrected chi connectivity index (χ1v) is 9.31. The third kappa shape index (κ3) is 2.60. The van der Waals surface area contributed by atoms with Crippen LogP contribution in [0.3, 0.4) is 0 Å². The van der Waals surface area contributed by atoms with E-state index >= 15 is 0 Å². The number of thiophene rings is 1. The summed E-state index contributed by atoms with van der Waals surface area (Å²) in [5, 5.41) is 4.91. The second-order valence-electron chi connectivity index (χ2n) is 4.48. The van der Waals surface area contributed by atoms with Gasteiger partial charge in [0.2, 0.25) is 0 Å². The van der Waals surface area contributed by atoms with Crippen molar-refractivity contribution in [3.8, 4) is 0 Å². The molecule has 1 fully saturated rings. The van der Waals surface area contributed by atoms with E-state index in [1.54, 1.807) is 33.2 Å². The Balaban J connectivity index is 1.71. The second kappa shape index (κ2) is 5.32. The molecule has 7 heteroatoms. The number of aromatic nitrogens is 1. The fraction of sp³-hybridized carbons (Fsp3) is 0.417. The van der Waals surface area contributed by atoms with E-state index in [-0.39, 0.29) is 0 Å². The number of hydrogen-bond donors (Lipinski definition) is 0. The quantitative estimate of drug-likeness (QED) is 0.875. The Bertz CT molecular complexity index is 612. The largest absolute Gasteiger partial charge is 0.252 e. The van der Waals surface area contributed by atoms with E-state index in [0.717, 1.165) is 17.8 Å². The van der Waals surface area contributed by atoms with E-state index < -0.39 is 10.0 Å². The lowest BCUT2D eigenvalue weighted by atomic mass is 9.99. The van der Waals surface area contributed by atoms with Crippen LogP contribution in [0.15, 0.2) is 33.3 Å². The highest BCUT2D eigenvalue weighted by Crippen LogP contribution is 2.32. The summed E-state index contributed by atoms with van der Waals surface area (Å²) in [5.74, 6) is 0.412. The number of piperidine rings is 1. The van der Waals surface area contributed by atoms with Crippen molar-refractivity contribution in [1.29, 1.82) is 0 Å². The van der Waals surface area contributed by atoms with Gasteiger partial charge in [-0.1, -0.05) is 6.07 Å². The van der Waals surface area contributed by atoms with Gasteiger partial charge in [0.15, 0.2) is 0 Å². The van der Waals surface area contributed by atoms with Gasteiger partial charge in [0.1, 0.15) is 4.21 Å². The van der Waals surface area contributed by atoms with Crippen molar-refractivity contribution in [1.82, 2.24) is 9.29 Å². The van der Waals surface area contributed by atoms with E-state index in [1.807, 2.05) is 11.6 Å². The molecule has 2 aromatic rings. The van der Waals surface area contributed by atoms with Crippen LogP contribution in [-0.2, 0) is 10.0 Å². The fourth-order valence-corrected chi connectivity index (χ4v) is 5.74. The lowest BCUT2D eigenvalue weighted by Crippen LogP contribution is -2.37. The summed E-state index contributed by atoms with van der Waals surface area (Å²) >= 11 is 2.94. The average Bonchev–Trinajstić information content (AvgIpc) is 3.12. The maximum Gasteiger partial charge on any atom is 0.252 e.